The fourth-order valence-electron chi connectivity index (χ4n) is 2.57. The van der Waals surface area contributed by atoms with Crippen molar-refractivity contribution in [1.82, 2.24) is 0 Å². The lowest BCUT2D eigenvalue weighted by Gasteiger charge is -2.05. The molecule has 0 unspecified atom stereocenters. The number of aromatic carboxylic acids is 1. The Kier molecular flexibility index (Phi) is 4.81. The van der Waals surface area contributed by atoms with Gasteiger partial charge in [0.2, 0.25) is 0 Å². The molecule has 2 aliphatic carbocycles. The largest absolute Gasteiger partial charge is 0.478 e. The van der Waals surface area contributed by atoms with Gasteiger partial charge < -0.3 is 9.84 Å². The van der Waals surface area contributed by atoms with Gasteiger partial charge in [-0.05, 0) is 54.2 Å². The Hall–Kier alpha value is -2.36. The lowest BCUT2D eigenvalue weighted by molar-refractivity contribution is 0.0527. The van der Waals surface area contributed by atoms with E-state index in [0.717, 1.165) is 23.1 Å². The maximum absolute atomic E-state index is 12.1. The van der Waals surface area contributed by atoms with Gasteiger partial charge in [-0.1, -0.05) is 26.0 Å². The minimum atomic E-state index is -0.980. The van der Waals surface area contributed by atoms with Crippen LogP contribution in [0.25, 0.3) is 11.1 Å². The summed E-state index contributed by atoms with van der Waals surface area (Å²) in [6, 6.07) is 8.44. The number of carboxylic acids is 1. The lowest BCUT2D eigenvalue weighted by atomic mass is 10.00. The molecule has 116 valence electrons. The zero-order valence-electron chi connectivity index (χ0n) is 13.1. The van der Waals surface area contributed by atoms with Crippen LogP contribution in [0.2, 0.25) is 0 Å². The molecule has 0 fully saturated rings. The van der Waals surface area contributed by atoms with Crippen molar-refractivity contribution in [3.63, 3.8) is 0 Å². The van der Waals surface area contributed by atoms with Gasteiger partial charge in [-0.3, -0.25) is 0 Å². The third kappa shape index (κ3) is 3.27. The normalized spacial score (nSPS) is 10.9. The first-order chi connectivity index (χ1) is 10.4. The van der Waals surface area contributed by atoms with Crippen molar-refractivity contribution in [2.75, 3.05) is 6.61 Å². The molecule has 0 atom stereocenters. The molecule has 0 aromatic heterocycles. The van der Waals surface area contributed by atoms with Gasteiger partial charge in [0, 0.05) is 0 Å². The van der Waals surface area contributed by atoms with Crippen LogP contribution in [-0.4, -0.2) is 23.7 Å². The SMILES string of the molecule is CCOC(=O)c1cc(CC(C)C)c2cc(C(=O)O)cccc1-2. The molecule has 0 bridgehead atoms. The van der Waals surface area contributed by atoms with Crippen LogP contribution in [0.3, 0.4) is 0 Å². The van der Waals surface area contributed by atoms with Crippen LogP contribution in [0.4, 0.5) is 0 Å². The van der Waals surface area contributed by atoms with Crippen LogP contribution in [0.15, 0.2) is 30.3 Å². The first kappa shape index (κ1) is 16.0. The van der Waals surface area contributed by atoms with Gasteiger partial charge in [0.25, 0.3) is 0 Å². The van der Waals surface area contributed by atoms with Gasteiger partial charge >= 0.3 is 11.9 Å². The highest BCUT2D eigenvalue weighted by molar-refractivity contribution is 6.01. The number of fused-ring (bicyclic) bond motifs is 1. The molecule has 0 radical (unpaired) electrons. The van der Waals surface area contributed by atoms with Gasteiger partial charge in [0.05, 0.1) is 17.7 Å². The Morgan fingerprint density at radius 3 is 2.50 bits per heavy atom. The van der Waals surface area contributed by atoms with Gasteiger partial charge in [-0.2, -0.15) is 0 Å². The quantitative estimate of drug-likeness (QED) is 0.851. The van der Waals surface area contributed by atoms with Gasteiger partial charge in [-0.25, -0.2) is 9.59 Å². The number of hydrogen-bond donors (Lipinski definition) is 1. The molecule has 0 saturated heterocycles. The van der Waals surface area contributed by atoms with Crippen molar-refractivity contribution in [1.29, 1.82) is 0 Å². The molecular formula is C18H20O4. The van der Waals surface area contributed by atoms with E-state index in [4.69, 9.17) is 4.74 Å². The number of carboxylic acid groups (broad SMARTS) is 1. The van der Waals surface area contributed by atoms with Crippen LogP contribution >= 0.6 is 0 Å². The van der Waals surface area contributed by atoms with E-state index in [1.54, 1.807) is 25.1 Å². The van der Waals surface area contributed by atoms with Crippen molar-refractivity contribution < 1.29 is 19.4 Å². The van der Waals surface area contributed by atoms with Crippen molar-refractivity contribution >= 4 is 11.9 Å². The molecule has 4 nitrogen and oxygen atoms in total. The monoisotopic (exact) mass is 300 g/mol. The Balaban J connectivity index is 2.62. The van der Waals surface area contributed by atoms with Crippen molar-refractivity contribution in [3.05, 3.63) is 47.0 Å². The number of carbonyl (C=O) groups excluding carboxylic acids is 1. The Morgan fingerprint density at radius 2 is 1.91 bits per heavy atom. The second kappa shape index (κ2) is 6.60. The van der Waals surface area contributed by atoms with Crippen LogP contribution in [0.5, 0.6) is 0 Å². The van der Waals surface area contributed by atoms with E-state index in [1.807, 2.05) is 6.07 Å². The standard InChI is InChI=1S/C18H20O4/c1-4-22-18(21)16-10-13(8-11(2)3)15-9-12(17(19)20)6-5-7-14(15)16/h5-7,9-11H,4,8H2,1-3H3,(H,19,20). The second-order valence-electron chi connectivity index (χ2n) is 5.66. The molecule has 0 saturated carbocycles. The van der Waals surface area contributed by atoms with E-state index in [0.29, 0.717) is 18.1 Å². The van der Waals surface area contributed by atoms with E-state index in [-0.39, 0.29) is 11.5 Å². The summed E-state index contributed by atoms with van der Waals surface area (Å²) in [5.74, 6) is -0.947. The van der Waals surface area contributed by atoms with Gasteiger partial charge in [-0.15, -0.1) is 0 Å². The molecule has 22 heavy (non-hydrogen) atoms. The summed E-state index contributed by atoms with van der Waals surface area (Å²) in [7, 11) is 0. The molecule has 0 heterocycles. The second-order valence-corrected chi connectivity index (χ2v) is 5.66. The molecule has 0 spiro atoms. The summed E-state index contributed by atoms with van der Waals surface area (Å²) in [5.41, 5.74) is 3.23. The zero-order chi connectivity index (χ0) is 16.3. The first-order valence-corrected chi connectivity index (χ1v) is 7.40. The predicted molar refractivity (Wildman–Crippen MR) is 84.5 cm³/mol. The summed E-state index contributed by atoms with van der Waals surface area (Å²) < 4.78 is 5.11. The van der Waals surface area contributed by atoms with E-state index in [9.17, 15) is 14.7 Å². The zero-order valence-corrected chi connectivity index (χ0v) is 13.1. The minimum absolute atomic E-state index is 0.209. The van der Waals surface area contributed by atoms with Crippen molar-refractivity contribution in [3.8, 4) is 11.1 Å². The van der Waals surface area contributed by atoms with Crippen LogP contribution in [0, 0.1) is 5.92 Å². The molecular weight excluding hydrogens is 280 g/mol. The summed E-state index contributed by atoms with van der Waals surface area (Å²) in [5, 5.41) is 9.24. The molecule has 1 N–H and O–H groups in total. The smallest absolute Gasteiger partial charge is 0.338 e. The number of rotatable bonds is 5. The fraction of sp³-hybridized carbons (Fsp3) is 0.333. The third-order valence-electron chi connectivity index (χ3n) is 3.45. The van der Waals surface area contributed by atoms with Crippen LogP contribution < -0.4 is 0 Å². The third-order valence-corrected chi connectivity index (χ3v) is 3.45. The number of carbonyl (C=O) groups is 2. The van der Waals surface area contributed by atoms with Crippen LogP contribution in [-0.2, 0) is 11.2 Å². The average molecular weight is 300 g/mol. The van der Waals surface area contributed by atoms with Gasteiger partial charge in [0.15, 0.2) is 0 Å². The fourth-order valence-corrected chi connectivity index (χ4v) is 2.57. The minimum Gasteiger partial charge on any atom is -0.478 e. The Morgan fingerprint density at radius 1 is 1.18 bits per heavy atom. The number of hydrogen-bond acceptors (Lipinski definition) is 3. The highest BCUT2D eigenvalue weighted by Gasteiger charge is 2.22. The lowest BCUT2D eigenvalue weighted by Crippen LogP contribution is -2.03. The van der Waals surface area contributed by atoms with E-state index >= 15 is 0 Å². The number of esters is 1. The molecule has 0 aliphatic heterocycles. The summed E-state index contributed by atoms with van der Waals surface area (Å²) in [6.07, 6.45) is 0.777. The maximum atomic E-state index is 12.1. The molecule has 0 aromatic rings. The van der Waals surface area contributed by atoms with Crippen LogP contribution in [0.1, 0.15) is 47.1 Å². The van der Waals surface area contributed by atoms with E-state index in [2.05, 4.69) is 13.8 Å². The van der Waals surface area contributed by atoms with Crippen molar-refractivity contribution in [2.24, 2.45) is 5.92 Å². The Labute approximate surface area is 130 Å². The summed E-state index contributed by atoms with van der Waals surface area (Å²) in [4.78, 5) is 23.4. The molecule has 2 aliphatic rings. The molecule has 0 amide bonds. The maximum Gasteiger partial charge on any atom is 0.338 e. The molecule has 0 aromatic carbocycles. The van der Waals surface area contributed by atoms with E-state index in [1.165, 1.54) is 6.07 Å². The molecule has 4 heteroatoms. The summed E-state index contributed by atoms with van der Waals surface area (Å²) >= 11 is 0. The number of ether oxygens (including phenoxy) is 1. The predicted octanol–water partition coefficient (Wildman–Crippen LogP) is 3.86. The molecule has 2 rings (SSSR count). The highest BCUT2D eigenvalue weighted by atomic mass is 16.5. The van der Waals surface area contributed by atoms with E-state index < -0.39 is 5.97 Å². The van der Waals surface area contributed by atoms with Gasteiger partial charge in [0.1, 0.15) is 0 Å². The Bertz CT molecular complexity index is 673. The van der Waals surface area contributed by atoms with Crippen molar-refractivity contribution in [2.45, 2.75) is 27.2 Å². The first-order valence-electron chi connectivity index (χ1n) is 7.40. The summed E-state index contributed by atoms with van der Waals surface area (Å²) in [6.45, 7) is 6.25. The highest BCUT2D eigenvalue weighted by Crippen LogP contribution is 2.34. The average Bonchev–Trinajstić information content (AvgIpc) is 2.63. The topological polar surface area (TPSA) is 63.6 Å².